The molecule has 5 heteroatoms. The van der Waals surface area contributed by atoms with Crippen LogP contribution in [-0.4, -0.2) is 53.4 Å². The van der Waals surface area contributed by atoms with E-state index in [1.807, 2.05) is 11.0 Å². The summed E-state index contributed by atoms with van der Waals surface area (Å²) in [6.07, 6.45) is 2.09. The maximum Gasteiger partial charge on any atom is 0.236 e. The Bertz CT molecular complexity index is 599. The van der Waals surface area contributed by atoms with E-state index in [9.17, 15) is 4.79 Å². The third-order valence-electron chi connectivity index (χ3n) is 3.97. The van der Waals surface area contributed by atoms with Crippen LogP contribution in [0.3, 0.4) is 0 Å². The summed E-state index contributed by atoms with van der Waals surface area (Å²) < 4.78 is 0. The molecule has 3 rings (SSSR count). The number of nitrogens with zero attached hydrogens (tertiary/aromatic N) is 2. The fraction of sp³-hybridized carbons (Fsp3) is 0.400. The molecule has 0 radical (unpaired) electrons. The van der Waals surface area contributed by atoms with Gasteiger partial charge >= 0.3 is 0 Å². The number of nitrogens with one attached hydrogen (secondary N) is 1. The van der Waals surface area contributed by atoms with Gasteiger partial charge in [0.2, 0.25) is 5.91 Å². The topological polar surface area (TPSA) is 65.4 Å². The molecule has 0 bridgehead atoms. The van der Waals surface area contributed by atoms with Crippen molar-refractivity contribution in [1.29, 1.82) is 0 Å². The zero-order chi connectivity index (χ0) is 13.9. The molecule has 20 heavy (non-hydrogen) atoms. The van der Waals surface area contributed by atoms with Crippen LogP contribution in [0.4, 0.5) is 0 Å². The summed E-state index contributed by atoms with van der Waals surface area (Å²) in [5, 5.41) is 1.29. The molecule has 3 N–H and O–H groups in total. The van der Waals surface area contributed by atoms with E-state index in [2.05, 4.69) is 34.3 Å². The van der Waals surface area contributed by atoms with Gasteiger partial charge in [0, 0.05) is 49.8 Å². The molecule has 1 amide bonds. The lowest BCUT2D eigenvalue weighted by atomic mass is 10.1. The lowest BCUT2D eigenvalue weighted by molar-refractivity contribution is -0.131. The molecule has 1 aliphatic heterocycles. The van der Waals surface area contributed by atoms with Crippen molar-refractivity contribution in [3.05, 3.63) is 36.0 Å². The quantitative estimate of drug-likeness (QED) is 0.867. The number of carbonyl (C=O) groups is 1. The van der Waals surface area contributed by atoms with Crippen molar-refractivity contribution in [3.63, 3.8) is 0 Å². The number of aromatic amines is 1. The monoisotopic (exact) mass is 272 g/mol. The summed E-state index contributed by atoms with van der Waals surface area (Å²) >= 11 is 0. The lowest BCUT2D eigenvalue weighted by Gasteiger charge is -2.34. The van der Waals surface area contributed by atoms with Crippen LogP contribution in [0.5, 0.6) is 0 Å². The van der Waals surface area contributed by atoms with E-state index in [0.717, 1.165) is 32.7 Å². The van der Waals surface area contributed by atoms with Gasteiger partial charge in [0.15, 0.2) is 0 Å². The average Bonchev–Trinajstić information content (AvgIpc) is 2.91. The Labute approximate surface area is 118 Å². The summed E-state index contributed by atoms with van der Waals surface area (Å²) in [5.41, 5.74) is 7.90. The molecular formula is C15H20N4O. The van der Waals surface area contributed by atoms with Crippen molar-refractivity contribution in [2.45, 2.75) is 6.54 Å². The molecule has 2 heterocycles. The van der Waals surface area contributed by atoms with Gasteiger partial charge in [-0.15, -0.1) is 0 Å². The van der Waals surface area contributed by atoms with Crippen molar-refractivity contribution in [2.75, 3.05) is 32.7 Å². The maximum absolute atomic E-state index is 11.5. The van der Waals surface area contributed by atoms with Crippen molar-refractivity contribution in [3.8, 4) is 0 Å². The lowest BCUT2D eigenvalue weighted by Crippen LogP contribution is -2.49. The third kappa shape index (κ3) is 2.55. The van der Waals surface area contributed by atoms with E-state index in [1.54, 1.807) is 0 Å². The van der Waals surface area contributed by atoms with E-state index in [-0.39, 0.29) is 12.5 Å². The van der Waals surface area contributed by atoms with Crippen LogP contribution in [0.2, 0.25) is 0 Å². The van der Waals surface area contributed by atoms with Crippen molar-refractivity contribution in [2.24, 2.45) is 5.73 Å². The second kappa shape index (κ2) is 5.64. The first-order valence-electron chi connectivity index (χ1n) is 7.03. The average molecular weight is 272 g/mol. The number of hydrogen-bond donors (Lipinski definition) is 2. The van der Waals surface area contributed by atoms with Gasteiger partial charge in [-0.05, 0) is 11.6 Å². The van der Waals surface area contributed by atoms with Crippen LogP contribution < -0.4 is 5.73 Å². The molecule has 0 aliphatic carbocycles. The number of amides is 1. The molecule has 1 aliphatic rings. The number of piperazine rings is 1. The fourth-order valence-corrected chi connectivity index (χ4v) is 2.79. The zero-order valence-electron chi connectivity index (χ0n) is 11.5. The molecule has 5 nitrogen and oxygen atoms in total. The standard InChI is InChI=1S/C15H20N4O/c16-9-15(20)19-7-5-18(6-8-19)11-12-10-17-14-4-2-1-3-13(12)14/h1-4,10,17H,5-9,11,16H2. The van der Waals surface area contributed by atoms with Gasteiger partial charge in [0.25, 0.3) is 0 Å². The molecule has 1 aromatic carbocycles. The molecule has 0 saturated carbocycles. The van der Waals surface area contributed by atoms with Gasteiger partial charge in [0.05, 0.1) is 6.54 Å². The Hall–Kier alpha value is -1.85. The molecule has 2 aromatic rings. The van der Waals surface area contributed by atoms with Crippen molar-refractivity contribution < 1.29 is 4.79 Å². The highest BCUT2D eigenvalue weighted by atomic mass is 16.2. The molecule has 1 aromatic heterocycles. The van der Waals surface area contributed by atoms with Crippen LogP contribution in [0.15, 0.2) is 30.5 Å². The highest BCUT2D eigenvalue weighted by Crippen LogP contribution is 2.19. The number of nitrogens with two attached hydrogens (primary N) is 1. The summed E-state index contributed by atoms with van der Waals surface area (Å²) in [4.78, 5) is 19.1. The minimum absolute atomic E-state index is 0.0525. The summed E-state index contributed by atoms with van der Waals surface area (Å²) in [6.45, 7) is 4.41. The Balaban J connectivity index is 1.64. The number of rotatable bonds is 3. The Morgan fingerprint density at radius 1 is 1.20 bits per heavy atom. The normalized spacial score (nSPS) is 16.8. The number of carbonyl (C=O) groups excluding carboxylic acids is 1. The van der Waals surface area contributed by atoms with E-state index < -0.39 is 0 Å². The second-order valence-electron chi connectivity index (χ2n) is 5.22. The number of hydrogen-bond acceptors (Lipinski definition) is 3. The molecule has 0 unspecified atom stereocenters. The molecule has 0 atom stereocenters. The van der Waals surface area contributed by atoms with Crippen LogP contribution >= 0.6 is 0 Å². The third-order valence-corrected chi connectivity index (χ3v) is 3.97. The first-order valence-corrected chi connectivity index (χ1v) is 7.03. The van der Waals surface area contributed by atoms with Gasteiger partial charge in [-0.2, -0.15) is 0 Å². The Kier molecular flexibility index (Phi) is 3.71. The highest BCUT2D eigenvalue weighted by Gasteiger charge is 2.20. The first kappa shape index (κ1) is 13.1. The predicted molar refractivity (Wildman–Crippen MR) is 79.2 cm³/mol. The number of fused-ring (bicyclic) bond motifs is 1. The molecule has 106 valence electrons. The fourth-order valence-electron chi connectivity index (χ4n) is 2.79. The van der Waals surface area contributed by atoms with Crippen molar-refractivity contribution in [1.82, 2.24) is 14.8 Å². The molecular weight excluding hydrogens is 252 g/mol. The van der Waals surface area contributed by atoms with Gasteiger partial charge in [-0.1, -0.05) is 18.2 Å². The number of para-hydroxylation sites is 1. The molecule has 1 fully saturated rings. The number of aromatic nitrogens is 1. The number of benzene rings is 1. The van der Waals surface area contributed by atoms with Crippen LogP contribution in [0, 0.1) is 0 Å². The summed E-state index contributed by atoms with van der Waals surface area (Å²) in [6, 6.07) is 8.35. The van der Waals surface area contributed by atoms with Gasteiger partial charge in [-0.25, -0.2) is 0 Å². The van der Waals surface area contributed by atoms with Gasteiger partial charge in [-0.3, -0.25) is 9.69 Å². The first-order chi connectivity index (χ1) is 9.78. The van der Waals surface area contributed by atoms with E-state index >= 15 is 0 Å². The predicted octanol–water partition coefficient (Wildman–Crippen LogP) is 0.771. The van der Waals surface area contributed by atoms with Crippen molar-refractivity contribution >= 4 is 16.8 Å². The smallest absolute Gasteiger partial charge is 0.236 e. The van der Waals surface area contributed by atoms with Gasteiger partial charge < -0.3 is 15.6 Å². The van der Waals surface area contributed by atoms with Crippen LogP contribution in [0.25, 0.3) is 10.9 Å². The summed E-state index contributed by atoms with van der Waals surface area (Å²) in [5.74, 6) is 0.0525. The Morgan fingerprint density at radius 2 is 1.95 bits per heavy atom. The van der Waals surface area contributed by atoms with Crippen LogP contribution in [0.1, 0.15) is 5.56 Å². The second-order valence-corrected chi connectivity index (χ2v) is 5.22. The van der Waals surface area contributed by atoms with E-state index in [0.29, 0.717) is 0 Å². The Morgan fingerprint density at radius 3 is 2.70 bits per heavy atom. The zero-order valence-corrected chi connectivity index (χ0v) is 11.5. The van der Waals surface area contributed by atoms with E-state index in [1.165, 1.54) is 16.5 Å². The molecule has 1 saturated heterocycles. The van der Waals surface area contributed by atoms with Gasteiger partial charge in [0.1, 0.15) is 0 Å². The maximum atomic E-state index is 11.5. The molecule has 0 spiro atoms. The van der Waals surface area contributed by atoms with E-state index in [4.69, 9.17) is 5.73 Å². The minimum Gasteiger partial charge on any atom is -0.361 e. The summed E-state index contributed by atoms with van der Waals surface area (Å²) in [7, 11) is 0. The minimum atomic E-state index is 0.0525. The highest BCUT2D eigenvalue weighted by molar-refractivity contribution is 5.83. The van der Waals surface area contributed by atoms with Crippen LogP contribution in [-0.2, 0) is 11.3 Å². The SMILES string of the molecule is NCC(=O)N1CCN(Cc2c[nH]c3ccccc23)CC1. The largest absolute Gasteiger partial charge is 0.361 e. The number of H-pyrrole nitrogens is 1.